The summed E-state index contributed by atoms with van der Waals surface area (Å²) in [6, 6.07) is 7.66. The van der Waals surface area contributed by atoms with Crippen LogP contribution in [0.4, 0.5) is 5.69 Å². The summed E-state index contributed by atoms with van der Waals surface area (Å²) in [5.41, 5.74) is 1.44. The molecular weight excluding hydrogens is 202 g/mol. The third kappa shape index (κ3) is 0.979. The summed E-state index contributed by atoms with van der Waals surface area (Å²) in [7, 11) is 0. The SMILES string of the molecule is O=CN1C(=O)C2(CCCC2)c2ccccc21. The molecule has 1 saturated carbocycles. The number of carbonyl (C=O) groups excluding carboxylic acids is 2. The molecule has 1 spiro atoms. The number of imide groups is 1. The van der Waals surface area contributed by atoms with Gasteiger partial charge in [-0.15, -0.1) is 0 Å². The Bertz CT molecular complexity index is 461. The molecule has 1 heterocycles. The van der Waals surface area contributed by atoms with Crippen molar-refractivity contribution < 1.29 is 9.59 Å². The van der Waals surface area contributed by atoms with Crippen molar-refractivity contribution in [3.05, 3.63) is 29.8 Å². The Morgan fingerprint density at radius 2 is 1.88 bits per heavy atom. The van der Waals surface area contributed by atoms with Gasteiger partial charge < -0.3 is 0 Å². The second-order valence-electron chi connectivity index (χ2n) is 4.59. The quantitative estimate of drug-likeness (QED) is 0.672. The normalized spacial score (nSPS) is 21.5. The number of amides is 2. The smallest absolute Gasteiger partial charge is 0.244 e. The van der Waals surface area contributed by atoms with E-state index in [1.165, 1.54) is 4.90 Å². The van der Waals surface area contributed by atoms with Crippen LogP contribution in [0.15, 0.2) is 24.3 Å². The lowest BCUT2D eigenvalue weighted by molar-refractivity contribution is -0.125. The lowest BCUT2D eigenvalue weighted by atomic mass is 9.80. The molecule has 0 saturated heterocycles. The first-order valence-corrected chi connectivity index (χ1v) is 5.68. The van der Waals surface area contributed by atoms with E-state index in [0.717, 1.165) is 36.9 Å². The van der Waals surface area contributed by atoms with Gasteiger partial charge in [0, 0.05) is 0 Å². The van der Waals surface area contributed by atoms with Gasteiger partial charge in [-0.25, -0.2) is 0 Å². The number of anilines is 1. The van der Waals surface area contributed by atoms with E-state index >= 15 is 0 Å². The Balaban J connectivity index is 2.22. The van der Waals surface area contributed by atoms with Crippen LogP contribution >= 0.6 is 0 Å². The molecule has 1 aliphatic heterocycles. The van der Waals surface area contributed by atoms with Gasteiger partial charge in [0.25, 0.3) is 0 Å². The molecule has 1 aromatic rings. The number of carbonyl (C=O) groups is 2. The molecule has 0 radical (unpaired) electrons. The molecule has 0 bridgehead atoms. The zero-order chi connectivity index (χ0) is 11.2. The summed E-state index contributed by atoms with van der Waals surface area (Å²) in [5.74, 6) is -0.0267. The Kier molecular flexibility index (Phi) is 1.90. The van der Waals surface area contributed by atoms with Gasteiger partial charge in [-0.05, 0) is 24.5 Å². The van der Waals surface area contributed by atoms with Crippen LogP contribution in [0, 0.1) is 0 Å². The first-order chi connectivity index (χ1) is 7.79. The highest BCUT2D eigenvalue weighted by Crippen LogP contribution is 2.50. The Morgan fingerprint density at radius 3 is 2.56 bits per heavy atom. The van der Waals surface area contributed by atoms with Crippen LogP contribution in [-0.4, -0.2) is 12.3 Å². The maximum absolute atomic E-state index is 12.3. The van der Waals surface area contributed by atoms with Gasteiger partial charge in [0.15, 0.2) is 0 Å². The summed E-state index contributed by atoms with van der Waals surface area (Å²) >= 11 is 0. The van der Waals surface area contributed by atoms with Crippen LogP contribution in [0.25, 0.3) is 0 Å². The van der Waals surface area contributed by atoms with Crippen molar-refractivity contribution in [1.29, 1.82) is 0 Å². The molecule has 1 fully saturated rings. The number of hydrogen-bond donors (Lipinski definition) is 0. The number of nitrogens with zero attached hydrogens (tertiary/aromatic N) is 1. The average Bonchev–Trinajstić information content (AvgIpc) is 2.88. The Labute approximate surface area is 94.1 Å². The van der Waals surface area contributed by atoms with Crippen LogP contribution in [-0.2, 0) is 15.0 Å². The molecule has 82 valence electrons. The van der Waals surface area contributed by atoms with Crippen molar-refractivity contribution in [3.63, 3.8) is 0 Å². The highest BCUT2D eigenvalue weighted by atomic mass is 16.2. The van der Waals surface area contributed by atoms with Crippen molar-refractivity contribution in [3.8, 4) is 0 Å². The maximum Gasteiger partial charge on any atom is 0.244 e. The Hall–Kier alpha value is -1.64. The van der Waals surface area contributed by atoms with Crippen LogP contribution < -0.4 is 4.90 Å². The van der Waals surface area contributed by atoms with Crippen molar-refractivity contribution in [2.75, 3.05) is 4.90 Å². The van der Waals surface area contributed by atoms with Crippen molar-refractivity contribution in [2.45, 2.75) is 31.1 Å². The van der Waals surface area contributed by atoms with E-state index in [2.05, 4.69) is 0 Å². The van der Waals surface area contributed by atoms with Crippen LogP contribution in [0.3, 0.4) is 0 Å². The fraction of sp³-hybridized carbons (Fsp3) is 0.385. The minimum absolute atomic E-state index is 0.0267. The molecule has 0 N–H and O–H groups in total. The number of fused-ring (bicyclic) bond motifs is 2. The van der Waals surface area contributed by atoms with Gasteiger partial charge in [-0.2, -0.15) is 0 Å². The molecule has 16 heavy (non-hydrogen) atoms. The first-order valence-electron chi connectivity index (χ1n) is 5.68. The van der Waals surface area contributed by atoms with Crippen LogP contribution in [0.2, 0.25) is 0 Å². The minimum Gasteiger partial charge on any atom is -0.278 e. The zero-order valence-corrected chi connectivity index (χ0v) is 8.98. The topological polar surface area (TPSA) is 37.4 Å². The van der Waals surface area contributed by atoms with E-state index in [1.807, 2.05) is 24.3 Å². The second kappa shape index (κ2) is 3.17. The fourth-order valence-corrected chi connectivity index (χ4v) is 3.11. The molecule has 3 nitrogen and oxygen atoms in total. The minimum atomic E-state index is -0.391. The second-order valence-corrected chi connectivity index (χ2v) is 4.59. The molecule has 2 amide bonds. The lowest BCUT2D eigenvalue weighted by Crippen LogP contribution is -2.37. The van der Waals surface area contributed by atoms with E-state index < -0.39 is 5.41 Å². The standard InChI is InChI=1S/C13H13NO2/c15-9-14-11-6-2-1-5-10(11)13(12(14)16)7-3-4-8-13/h1-2,5-6,9H,3-4,7-8H2. The molecule has 1 aromatic carbocycles. The summed E-state index contributed by atoms with van der Waals surface area (Å²) in [6.07, 6.45) is 4.56. The van der Waals surface area contributed by atoms with E-state index in [1.54, 1.807) is 0 Å². The third-order valence-corrected chi connectivity index (χ3v) is 3.87. The summed E-state index contributed by atoms with van der Waals surface area (Å²) in [5, 5.41) is 0. The highest BCUT2D eigenvalue weighted by Gasteiger charge is 2.51. The van der Waals surface area contributed by atoms with E-state index in [4.69, 9.17) is 0 Å². The van der Waals surface area contributed by atoms with Crippen LogP contribution in [0.1, 0.15) is 31.2 Å². The van der Waals surface area contributed by atoms with Crippen molar-refractivity contribution in [2.24, 2.45) is 0 Å². The van der Waals surface area contributed by atoms with Gasteiger partial charge in [0.05, 0.1) is 11.1 Å². The largest absolute Gasteiger partial charge is 0.278 e. The van der Waals surface area contributed by atoms with Crippen LogP contribution in [0.5, 0.6) is 0 Å². The van der Waals surface area contributed by atoms with E-state index in [9.17, 15) is 9.59 Å². The third-order valence-electron chi connectivity index (χ3n) is 3.87. The summed E-state index contributed by atoms with van der Waals surface area (Å²) < 4.78 is 0. The molecule has 0 unspecified atom stereocenters. The Morgan fingerprint density at radius 1 is 1.19 bits per heavy atom. The number of benzene rings is 1. The van der Waals surface area contributed by atoms with Crippen molar-refractivity contribution in [1.82, 2.24) is 0 Å². The van der Waals surface area contributed by atoms with Gasteiger partial charge >= 0.3 is 0 Å². The van der Waals surface area contributed by atoms with E-state index in [0.29, 0.717) is 6.41 Å². The molecule has 3 heteroatoms. The number of rotatable bonds is 1. The van der Waals surface area contributed by atoms with Gasteiger partial charge in [0.1, 0.15) is 0 Å². The number of hydrogen-bond acceptors (Lipinski definition) is 2. The van der Waals surface area contributed by atoms with Gasteiger partial charge in [-0.1, -0.05) is 31.0 Å². The lowest BCUT2D eigenvalue weighted by Gasteiger charge is -2.21. The summed E-state index contributed by atoms with van der Waals surface area (Å²) in [6.45, 7) is 0. The maximum atomic E-state index is 12.3. The zero-order valence-electron chi connectivity index (χ0n) is 8.98. The predicted octanol–water partition coefficient (Wildman–Crippen LogP) is 2.00. The first kappa shape index (κ1) is 9.58. The average molecular weight is 215 g/mol. The molecular formula is C13H13NO2. The highest BCUT2D eigenvalue weighted by molar-refractivity contribution is 6.17. The molecule has 0 aromatic heterocycles. The van der Waals surface area contributed by atoms with Gasteiger partial charge in [-0.3, -0.25) is 14.5 Å². The van der Waals surface area contributed by atoms with Gasteiger partial charge in [0.2, 0.25) is 12.3 Å². The predicted molar refractivity (Wildman–Crippen MR) is 60.1 cm³/mol. The molecule has 2 aliphatic rings. The molecule has 1 aliphatic carbocycles. The number of para-hydroxylation sites is 1. The fourth-order valence-electron chi connectivity index (χ4n) is 3.11. The summed E-state index contributed by atoms with van der Waals surface area (Å²) in [4.78, 5) is 24.6. The molecule has 0 atom stereocenters. The monoisotopic (exact) mass is 215 g/mol. The molecule has 3 rings (SSSR count). The van der Waals surface area contributed by atoms with Crippen molar-refractivity contribution >= 4 is 18.0 Å². The van der Waals surface area contributed by atoms with E-state index in [-0.39, 0.29) is 5.91 Å².